The van der Waals surface area contributed by atoms with Crippen molar-refractivity contribution in [1.29, 1.82) is 0 Å². The number of hydrogen-bond acceptors (Lipinski definition) is 4. The zero-order chi connectivity index (χ0) is 25.0. The molecule has 0 aromatic carbocycles. The number of aromatic nitrogens is 6. The number of hydrogen-bond donors (Lipinski definition) is 0. The SMILES string of the molecule is CCCc1ccc(-n2ccc(C(C)(F)F)n2)nc1-c1nc2cc(C(F)(F)F)c(=O)n(C)c2n1C. The van der Waals surface area contributed by atoms with Gasteiger partial charge in [0.25, 0.3) is 11.5 Å². The molecule has 0 saturated heterocycles. The first-order valence-corrected chi connectivity index (χ1v) is 10.4. The third-order valence-electron chi connectivity index (χ3n) is 5.50. The smallest absolute Gasteiger partial charge is 0.312 e. The van der Waals surface area contributed by atoms with Gasteiger partial charge in [0.2, 0.25) is 0 Å². The summed E-state index contributed by atoms with van der Waals surface area (Å²) in [4.78, 5) is 21.3. The predicted molar refractivity (Wildman–Crippen MR) is 115 cm³/mol. The lowest BCUT2D eigenvalue weighted by Gasteiger charge is -2.12. The Balaban J connectivity index is 1.94. The molecule has 180 valence electrons. The molecule has 0 fully saturated rings. The Morgan fingerprint density at radius 2 is 1.71 bits per heavy atom. The molecule has 0 amide bonds. The minimum atomic E-state index is -4.83. The highest BCUT2D eigenvalue weighted by Crippen LogP contribution is 2.31. The number of halogens is 5. The highest BCUT2D eigenvalue weighted by Gasteiger charge is 2.36. The fraction of sp³-hybridized carbons (Fsp3) is 0.364. The first kappa shape index (κ1) is 23.6. The molecule has 0 N–H and O–H groups in total. The summed E-state index contributed by atoms with van der Waals surface area (Å²) in [6.07, 6.45) is -2.13. The second-order valence-electron chi connectivity index (χ2n) is 8.08. The van der Waals surface area contributed by atoms with E-state index in [1.54, 1.807) is 19.2 Å². The van der Waals surface area contributed by atoms with Crippen molar-refractivity contribution in [1.82, 2.24) is 28.9 Å². The Morgan fingerprint density at radius 1 is 1.00 bits per heavy atom. The van der Waals surface area contributed by atoms with Gasteiger partial charge in [0.15, 0.2) is 11.6 Å². The lowest BCUT2D eigenvalue weighted by Crippen LogP contribution is -2.27. The van der Waals surface area contributed by atoms with E-state index >= 15 is 0 Å². The van der Waals surface area contributed by atoms with E-state index in [0.717, 1.165) is 29.5 Å². The van der Waals surface area contributed by atoms with E-state index in [0.29, 0.717) is 12.1 Å². The summed E-state index contributed by atoms with van der Waals surface area (Å²) < 4.78 is 70.9. The van der Waals surface area contributed by atoms with Crippen LogP contribution in [0.15, 0.2) is 35.3 Å². The van der Waals surface area contributed by atoms with Crippen LogP contribution in [0.2, 0.25) is 0 Å². The number of pyridine rings is 2. The van der Waals surface area contributed by atoms with E-state index in [1.807, 2.05) is 6.92 Å². The Kier molecular flexibility index (Phi) is 5.57. The fourth-order valence-corrected chi connectivity index (χ4v) is 3.85. The zero-order valence-electron chi connectivity index (χ0n) is 18.8. The molecular formula is C22H21F5N6O. The summed E-state index contributed by atoms with van der Waals surface area (Å²) in [5, 5.41) is 3.90. The van der Waals surface area contributed by atoms with Crippen LogP contribution in [0.3, 0.4) is 0 Å². The molecule has 34 heavy (non-hydrogen) atoms. The van der Waals surface area contributed by atoms with E-state index in [-0.39, 0.29) is 22.8 Å². The molecule has 0 bridgehead atoms. The zero-order valence-corrected chi connectivity index (χ0v) is 18.8. The summed E-state index contributed by atoms with van der Waals surface area (Å²) in [6.45, 7) is 2.69. The van der Waals surface area contributed by atoms with Gasteiger partial charge in [0.1, 0.15) is 28.1 Å². The van der Waals surface area contributed by atoms with Crippen molar-refractivity contribution in [3.63, 3.8) is 0 Å². The number of rotatable bonds is 5. The Hall–Kier alpha value is -3.57. The van der Waals surface area contributed by atoms with Crippen LogP contribution >= 0.6 is 0 Å². The van der Waals surface area contributed by atoms with Crippen LogP contribution in [0.4, 0.5) is 22.0 Å². The summed E-state index contributed by atoms with van der Waals surface area (Å²) >= 11 is 0. The highest BCUT2D eigenvalue weighted by atomic mass is 19.4. The van der Waals surface area contributed by atoms with Gasteiger partial charge in [-0.05, 0) is 30.2 Å². The van der Waals surface area contributed by atoms with Gasteiger partial charge in [-0.1, -0.05) is 19.4 Å². The summed E-state index contributed by atoms with van der Waals surface area (Å²) in [5.41, 5.74) is -1.63. The average Bonchev–Trinajstić information content (AvgIpc) is 3.36. The van der Waals surface area contributed by atoms with Gasteiger partial charge in [-0.3, -0.25) is 9.36 Å². The van der Waals surface area contributed by atoms with Crippen molar-refractivity contribution in [3.8, 4) is 17.3 Å². The summed E-state index contributed by atoms with van der Waals surface area (Å²) in [5.74, 6) is -2.65. The van der Waals surface area contributed by atoms with E-state index in [4.69, 9.17) is 0 Å². The minimum Gasteiger partial charge on any atom is -0.312 e. The highest BCUT2D eigenvalue weighted by molar-refractivity contribution is 5.78. The van der Waals surface area contributed by atoms with Crippen LogP contribution in [-0.2, 0) is 32.6 Å². The van der Waals surface area contributed by atoms with Crippen molar-refractivity contribution < 1.29 is 22.0 Å². The number of imidazole rings is 1. The van der Waals surface area contributed by atoms with Gasteiger partial charge in [-0.25, -0.2) is 14.6 Å². The average molecular weight is 480 g/mol. The molecule has 0 aliphatic rings. The lowest BCUT2D eigenvalue weighted by atomic mass is 10.1. The van der Waals surface area contributed by atoms with Gasteiger partial charge in [0, 0.05) is 27.2 Å². The molecule has 0 spiro atoms. The molecule has 4 rings (SSSR count). The largest absolute Gasteiger partial charge is 0.421 e. The first-order chi connectivity index (χ1) is 15.8. The summed E-state index contributed by atoms with van der Waals surface area (Å²) in [6, 6.07) is 5.30. The standard InChI is InChI=1S/C22H21F5N6O/c1-5-6-12-7-8-16(33-10-9-15(30-33)21(2,23)24)29-17(12)18-28-14-11-13(22(25,26)27)20(34)32(4)19(14)31(18)3/h7-11H,5-6H2,1-4H3. The normalized spacial score (nSPS) is 12.6. The van der Waals surface area contributed by atoms with Crippen molar-refractivity contribution in [2.24, 2.45) is 14.1 Å². The van der Waals surface area contributed by atoms with Crippen LogP contribution in [0, 0.1) is 0 Å². The quantitative estimate of drug-likeness (QED) is 0.392. The molecule has 4 aromatic heterocycles. The number of nitrogens with zero attached hydrogens (tertiary/aromatic N) is 6. The predicted octanol–water partition coefficient (Wildman–Crippen LogP) is 4.60. The molecule has 0 unspecified atom stereocenters. The van der Waals surface area contributed by atoms with Crippen LogP contribution in [0.5, 0.6) is 0 Å². The van der Waals surface area contributed by atoms with E-state index in [1.165, 1.54) is 28.6 Å². The molecular weight excluding hydrogens is 459 g/mol. The second kappa shape index (κ2) is 8.03. The molecule has 7 nitrogen and oxygen atoms in total. The first-order valence-electron chi connectivity index (χ1n) is 10.4. The van der Waals surface area contributed by atoms with Crippen molar-refractivity contribution in [2.45, 2.75) is 38.8 Å². The van der Waals surface area contributed by atoms with Crippen molar-refractivity contribution in [2.75, 3.05) is 0 Å². The van der Waals surface area contributed by atoms with E-state index in [2.05, 4.69) is 15.1 Å². The van der Waals surface area contributed by atoms with Crippen LogP contribution in [0.1, 0.15) is 37.1 Å². The van der Waals surface area contributed by atoms with Gasteiger partial charge in [-0.15, -0.1) is 0 Å². The van der Waals surface area contributed by atoms with Gasteiger partial charge < -0.3 is 4.57 Å². The monoisotopic (exact) mass is 480 g/mol. The third kappa shape index (κ3) is 3.97. The molecule has 0 aliphatic carbocycles. The van der Waals surface area contributed by atoms with Crippen LogP contribution < -0.4 is 5.56 Å². The molecule has 12 heteroatoms. The molecule has 0 radical (unpaired) electrons. The van der Waals surface area contributed by atoms with Gasteiger partial charge >= 0.3 is 6.18 Å². The maximum Gasteiger partial charge on any atom is 0.421 e. The Labute approximate surface area is 190 Å². The maximum atomic E-state index is 13.6. The van der Waals surface area contributed by atoms with Crippen LogP contribution in [-0.4, -0.2) is 28.9 Å². The van der Waals surface area contributed by atoms with Crippen molar-refractivity contribution >= 4 is 11.2 Å². The summed E-state index contributed by atoms with van der Waals surface area (Å²) in [7, 11) is 2.82. The lowest BCUT2D eigenvalue weighted by molar-refractivity contribution is -0.138. The topological polar surface area (TPSA) is 70.5 Å². The number of fused-ring (bicyclic) bond motifs is 1. The number of aryl methyl sites for hydroxylation is 3. The maximum absolute atomic E-state index is 13.6. The Bertz CT molecular complexity index is 1440. The van der Waals surface area contributed by atoms with E-state index in [9.17, 15) is 26.7 Å². The van der Waals surface area contributed by atoms with Crippen LogP contribution in [0.25, 0.3) is 28.5 Å². The fourth-order valence-electron chi connectivity index (χ4n) is 3.85. The number of alkyl halides is 5. The Morgan fingerprint density at radius 3 is 2.29 bits per heavy atom. The van der Waals surface area contributed by atoms with Crippen molar-refractivity contribution in [3.05, 3.63) is 57.6 Å². The molecule has 0 atom stereocenters. The van der Waals surface area contributed by atoms with E-state index < -0.39 is 28.9 Å². The third-order valence-corrected chi connectivity index (χ3v) is 5.50. The molecule has 4 heterocycles. The molecule has 0 aliphatic heterocycles. The molecule has 0 saturated carbocycles. The van der Waals surface area contributed by atoms with Gasteiger partial charge in [-0.2, -0.15) is 27.1 Å². The minimum absolute atomic E-state index is 0.0198. The second-order valence-corrected chi connectivity index (χ2v) is 8.08. The van der Waals surface area contributed by atoms with Gasteiger partial charge in [0.05, 0.1) is 0 Å². The molecule has 4 aromatic rings.